The molecule has 0 aromatic heterocycles. The van der Waals surface area contributed by atoms with Crippen LogP contribution in [0.5, 0.6) is 0 Å². The highest BCUT2D eigenvalue weighted by molar-refractivity contribution is 5.85. The second kappa shape index (κ2) is 7.17. The van der Waals surface area contributed by atoms with Crippen molar-refractivity contribution in [2.45, 2.75) is 52.4 Å². The average molecular weight is 279 g/mol. The number of nitrogens with one attached hydrogen (secondary N) is 1. The van der Waals surface area contributed by atoms with Crippen LogP contribution in [0, 0.1) is 12.7 Å². The first-order valence-corrected chi connectivity index (χ1v) is 6.89. The van der Waals surface area contributed by atoms with Crippen LogP contribution >= 0.6 is 0 Å². The Morgan fingerprint density at radius 1 is 1.30 bits per heavy atom. The zero-order chi connectivity index (χ0) is 15.3. The second-order valence-electron chi connectivity index (χ2n) is 5.51. The van der Waals surface area contributed by atoms with E-state index in [0.29, 0.717) is 12.8 Å². The minimum Gasteiger partial charge on any atom is -0.299 e. The van der Waals surface area contributed by atoms with Gasteiger partial charge in [0.2, 0.25) is 12.3 Å². The van der Waals surface area contributed by atoms with E-state index in [1.807, 2.05) is 33.8 Å². The Morgan fingerprint density at radius 2 is 1.95 bits per heavy atom. The third-order valence-corrected chi connectivity index (χ3v) is 3.56. The monoisotopic (exact) mass is 279 g/mol. The van der Waals surface area contributed by atoms with Crippen molar-refractivity contribution >= 4 is 12.3 Å². The van der Waals surface area contributed by atoms with Crippen molar-refractivity contribution in [1.29, 1.82) is 0 Å². The molecule has 110 valence electrons. The zero-order valence-electron chi connectivity index (χ0n) is 12.5. The van der Waals surface area contributed by atoms with E-state index >= 15 is 0 Å². The molecule has 0 saturated carbocycles. The number of aryl methyl sites for hydroxylation is 1. The molecule has 0 spiro atoms. The SMILES string of the molecule is Cc1cc(C(C)C)c(F)cc1C(C)CCC(=O)NC=O. The molecule has 0 aliphatic heterocycles. The number of amides is 2. The standard InChI is InChI=1S/C16H22FNO2/c1-10(2)13-7-12(4)14(8-15(13)17)11(3)5-6-16(20)18-9-19/h7-11H,5-6H2,1-4H3,(H,18,19,20). The van der Waals surface area contributed by atoms with Gasteiger partial charge in [0.1, 0.15) is 5.82 Å². The van der Waals surface area contributed by atoms with E-state index < -0.39 is 0 Å². The van der Waals surface area contributed by atoms with Gasteiger partial charge in [0.25, 0.3) is 0 Å². The number of halogens is 1. The first kappa shape index (κ1) is 16.3. The van der Waals surface area contributed by atoms with E-state index in [2.05, 4.69) is 5.32 Å². The summed E-state index contributed by atoms with van der Waals surface area (Å²) in [6.07, 6.45) is 1.23. The lowest BCUT2D eigenvalue weighted by Gasteiger charge is -2.17. The summed E-state index contributed by atoms with van der Waals surface area (Å²) in [7, 11) is 0. The lowest BCUT2D eigenvalue weighted by atomic mass is 9.89. The number of hydrogen-bond acceptors (Lipinski definition) is 2. The minimum absolute atomic E-state index is 0.0723. The molecule has 1 aromatic carbocycles. The topological polar surface area (TPSA) is 46.2 Å². The predicted molar refractivity (Wildman–Crippen MR) is 77.1 cm³/mol. The van der Waals surface area contributed by atoms with E-state index in [9.17, 15) is 14.0 Å². The Hall–Kier alpha value is -1.71. The maximum atomic E-state index is 14.0. The summed E-state index contributed by atoms with van der Waals surface area (Å²) in [5, 5.41) is 2.11. The van der Waals surface area contributed by atoms with Crippen LogP contribution in [0.3, 0.4) is 0 Å². The molecule has 0 bridgehead atoms. The highest BCUT2D eigenvalue weighted by Crippen LogP contribution is 2.29. The molecule has 0 saturated heterocycles. The lowest BCUT2D eigenvalue weighted by Crippen LogP contribution is -2.21. The lowest BCUT2D eigenvalue weighted by molar-refractivity contribution is -0.125. The minimum atomic E-state index is -0.302. The van der Waals surface area contributed by atoms with Crippen molar-refractivity contribution in [3.05, 3.63) is 34.6 Å². The fourth-order valence-electron chi connectivity index (χ4n) is 2.33. The summed E-state index contributed by atoms with van der Waals surface area (Å²) in [4.78, 5) is 21.4. The van der Waals surface area contributed by atoms with Crippen molar-refractivity contribution < 1.29 is 14.0 Å². The Morgan fingerprint density at radius 3 is 2.50 bits per heavy atom. The molecule has 0 aliphatic carbocycles. The van der Waals surface area contributed by atoms with Crippen molar-refractivity contribution in [1.82, 2.24) is 5.32 Å². The highest BCUT2D eigenvalue weighted by atomic mass is 19.1. The zero-order valence-corrected chi connectivity index (χ0v) is 12.5. The normalized spacial score (nSPS) is 12.3. The third-order valence-electron chi connectivity index (χ3n) is 3.56. The van der Waals surface area contributed by atoms with Crippen LogP contribution < -0.4 is 5.32 Å². The van der Waals surface area contributed by atoms with Gasteiger partial charge in [-0.15, -0.1) is 0 Å². The molecule has 2 amide bonds. The molecule has 4 heteroatoms. The van der Waals surface area contributed by atoms with Gasteiger partial charge in [0, 0.05) is 6.42 Å². The molecule has 1 unspecified atom stereocenters. The molecule has 20 heavy (non-hydrogen) atoms. The number of hydrogen-bond donors (Lipinski definition) is 1. The maximum Gasteiger partial charge on any atom is 0.226 e. The van der Waals surface area contributed by atoms with Crippen molar-refractivity contribution in [3.63, 3.8) is 0 Å². The molecule has 3 nitrogen and oxygen atoms in total. The van der Waals surface area contributed by atoms with Gasteiger partial charge in [0.05, 0.1) is 0 Å². The molecule has 0 fully saturated rings. The largest absolute Gasteiger partial charge is 0.299 e. The molecular formula is C16H22FNO2. The molecular weight excluding hydrogens is 257 g/mol. The molecule has 0 aliphatic rings. The van der Waals surface area contributed by atoms with Gasteiger partial charge in [-0.25, -0.2) is 4.39 Å². The maximum absolute atomic E-state index is 14.0. The van der Waals surface area contributed by atoms with Crippen molar-refractivity contribution in [2.75, 3.05) is 0 Å². The van der Waals surface area contributed by atoms with Crippen molar-refractivity contribution in [3.8, 4) is 0 Å². The van der Waals surface area contributed by atoms with Crippen LogP contribution in [0.4, 0.5) is 4.39 Å². The average Bonchev–Trinajstić information content (AvgIpc) is 2.38. The summed E-state index contributed by atoms with van der Waals surface area (Å²) in [5.41, 5.74) is 2.68. The number of rotatable bonds is 6. The fraction of sp³-hybridized carbons (Fsp3) is 0.500. The third kappa shape index (κ3) is 4.15. The first-order chi connectivity index (χ1) is 9.36. The van der Waals surface area contributed by atoms with Gasteiger partial charge in [-0.05, 0) is 47.9 Å². The van der Waals surface area contributed by atoms with E-state index in [1.165, 1.54) is 0 Å². The molecule has 1 aromatic rings. The molecule has 0 radical (unpaired) electrons. The van der Waals surface area contributed by atoms with E-state index in [0.717, 1.165) is 16.7 Å². The summed E-state index contributed by atoms with van der Waals surface area (Å²) in [6, 6.07) is 3.46. The smallest absolute Gasteiger partial charge is 0.226 e. The molecule has 1 rings (SSSR count). The van der Waals surface area contributed by atoms with E-state index in [1.54, 1.807) is 6.07 Å². The van der Waals surface area contributed by atoms with E-state index in [-0.39, 0.29) is 30.0 Å². The number of carbonyl (C=O) groups is 2. The van der Waals surface area contributed by atoms with Crippen LogP contribution in [-0.2, 0) is 9.59 Å². The Kier molecular flexibility index (Phi) is 5.86. The quantitative estimate of drug-likeness (QED) is 0.811. The van der Waals surface area contributed by atoms with Crippen LogP contribution in [0.2, 0.25) is 0 Å². The van der Waals surface area contributed by atoms with Crippen LogP contribution in [0.25, 0.3) is 0 Å². The van der Waals surface area contributed by atoms with Crippen molar-refractivity contribution in [2.24, 2.45) is 0 Å². The number of imide groups is 1. The molecule has 0 heterocycles. The summed E-state index contributed by atoms with van der Waals surface area (Å²) in [5.74, 6) is -0.270. The highest BCUT2D eigenvalue weighted by Gasteiger charge is 2.15. The van der Waals surface area contributed by atoms with Crippen LogP contribution in [-0.4, -0.2) is 12.3 Å². The summed E-state index contributed by atoms with van der Waals surface area (Å²) in [6.45, 7) is 7.85. The first-order valence-electron chi connectivity index (χ1n) is 6.89. The van der Waals surface area contributed by atoms with Crippen LogP contribution in [0.1, 0.15) is 62.1 Å². The Bertz CT molecular complexity index is 497. The number of carbonyl (C=O) groups excluding carboxylic acids is 2. The Labute approximate surface area is 119 Å². The van der Waals surface area contributed by atoms with Gasteiger partial charge in [-0.2, -0.15) is 0 Å². The van der Waals surface area contributed by atoms with Gasteiger partial charge < -0.3 is 0 Å². The molecule has 1 N–H and O–H groups in total. The second-order valence-corrected chi connectivity index (χ2v) is 5.51. The van der Waals surface area contributed by atoms with Crippen LogP contribution in [0.15, 0.2) is 12.1 Å². The van der Waals surface area contributed by atoms with Gasteiger partial charge in [-0.1, -0.05) is 26.8 Å². The predicted octanol–water partition coefficient (Wildman–Crippen LogP) is 3.41. The fourth-order valence-corrected chi connectivity index (χ4v) is 2.33. The molecule has 1 atom stereocenters. The Balaban J connectivity index is 2.83. The number of benzene rings is 1. The van der Waals surface area contributed by atoms with Gasteiger partial charge >= 0.3 is 0 Å². The van der Waals surface area contributed by atoms with Gasteiger partial charge in [-0.3, -0.25) is 14.9 Å². The summed E-state index contributed by atoms with van der Waals surface area (Å²) >= 11 is 0. The van der Waals surface area contributed by atoms with Gasteiger partial charge in [0.15, 0.2) is 0 Å². The van der Waals surface area contributed by atoms with E-state index in [4.69, 9.17) is 0 Å². The summed E-state index contributed by atoms with van der Waals surface area (Å²) < 4.78 is 14.0.